The molecule has 0 aromatic carbocycles. The molecule has 0 aliphatic rings. The Kier molecular flexibility index (Phi) is 10.0. The van der Waals surface area contributed by atoms with E-state index in [1.807, 2.05) is 0 Å². The third-order valence-electron chi connectivity index (χ3n) is 2.37. The minimum absolute atomic E-state index is 0.287. The number of aliphatic carboxylic acids is 1. The van der Waals surface area contributed by atoms with Crippen molar-refractivity contribution >= 4 is 23.6 Å². The van der Waals surface area contributed by atoms with Crippen molar-refractivity contribution in [1.82, 2.24) is 5.32 Å². The van der Waals surface area contributed by atoms with Crippen LogP contribution in [0.4, 0.5) is 0 Å². The first kappa shape index (κ1) is 16.3. The maximum absolute atomic E-state index is 10.8. The van der Waals surface area contributed by atoms with Crippen LogP contribution in [-0.2, 0) is 9.59 Å². The Hall–Kier alpha value is -0.710. The smallest absolute Gasteiger partial charge is 0.326 e. The van der Waals surface area contributed by atoms with Gasteiger partial charge in [0.05, 0.1) is 0 Å². The summed E-state index contributed by atoms with van der Waals surface area (Å²) in [5.74, 6) is 0.618. The van der Waals surface area contributed by atoms with E-state index < -0.39 is 12.0 Å². The Bertz CT molecular complexity index is 234. The van der Waals surface area contributed by atoms with Gasteiger partial charge in [0.15, 0.2) is 0 Å². The fourth-order valence-corrected chi connectivity index (χ4v) is 2.45. The summed E-state index contributed by atoms with van der Waals surface area (Å²) in [6.07, 6.45) is 5.43. The van der Waals surface area contributed by atoms with E-state index in [0.29, 0.717) is 6.42 Å². The second kappa shape index (κ2) is 10.4. The van der Waals surface area contributed by atoms with Crippen molar-refractivity contribution in [2.75, 3.05) is 11.5 Å². The van der Waals surface area contributed by atoms with Crippen LogP contribution in [0.1, 0.15) is 46.0 Å². The van der Waals surface area contributed by atoms with E-state index >= 15 is 0 Å². The molecule has 0 spiro atoms. The second-order valence-corrected chi connectivity index (χ2v) is 5.28. The van der Waals surface area contributed by atoms with Gasteiger partial charge < -0.3 is 10.4 Å². The van der Waals surface area contributed by atoms with Gasteiger partial charge in [-0.15, -0.1) is 0 Å². The lowest BCUT2D eigenvalue weighted by Crippen LogP contribution is -2.39. The van der Waals surface area contributed by atoms with Gasteiger partial charge in [-0.1, -0.05) is 26.2 Å². The topological polar surface area (TPSA) is 66.4 Å². The minimum Gasteiger partial charge on any atom is -0.480 e. The normalized spacial score (nSPS) is 12.1. The van der Waals surface area contributed by atoms with E-state index in [1.54, 1.807) is 11.8 Å². The number of carbonyl (C=O) groups is 2. The molecule has 4 nitrogen and oxygen atoms in total. The van der Waals surface area contributed by atoms with E-state index in [-0.39, 0.29) is 5.91 Å². The fraction of sp³-hybridized carbons (Fsp3) is 0.833. The van der Waals surface area contributed by atoms with E-state index in [4.69, 9.17) is 5.11 Å². The summed E-state index contributed by atoms with van der Waals surface area (Å²) in [4.78, 5) is 21.6. The van der Waals surface area contributed by atoms with Gasteiger partial charge in [0.2, 0.25) is 5.91 Å². The number of carbonyl (C=O) groups excluding carboxylic acids is 1. The van der Waals surface area contributed by atoms with Gasteiger partial charge in [0, 0.05) is 6.92 Å². The first-order chi connectivity index (χ1) is 8.07. The zero-order chi connectivity index (χ0) is 13.1. The number of hydrogen-bond acceptors (Lipinski definition) is 3. The van der Waals surface area contributed by atoms with Crippen LogP contribution in [0.25, 0.3) is 0 Å². The summed E-state index contributed by atoms with van der Waals surface area (Å²) in [6, 6.07) is -0.740. The van der Waals surface area contributed by atoms with Crippen LogP contribution in [0.15, 0.2) is 0 Å². The van der Waals surface area contributed by atoms with Gasteiger partial charge in [-0.25, -0.2) is 4.79 Å². The molecule has 0 heterocycles. The molecule has 1 atom stereocenters. The summed E-state index contributed by atoms with van der Waals surface area (Å²) in [5.41, 5.74) is 0. The van der Waals surface area contributed by atoms with Crippen molar-refractivity contribution in [3.8, 4) is 0 Å². The van der Waals surface area contributed by atoms with Gasteiger partial charge in [-0.3, -0.25) is 4.79 Å². The summed E-state index contributed by atoms with van der Waals surface area (Å²) in [7, 11) is 0. The molecule has 1 unspecified atom stereocenters. The Balaban J connectivity index is 3.55. The highest BCUT2D eigenvalue weighted by molar-refractivity contribution is 7.99. The molecule has 0 saturated carbocycles. The Morgan fingerprint density at radius 3 is 2.47 bits per heavy atom. The first-order valence-corrected chi connectivity index (χ1v) is 7.31. The van der Waals surface area contributed by atoms with Gasteiger partial charge in [0.25, 0.3) is 0 Å². The first-order valence-electron chi connectivity index (χ1n) is 6.15. The van der Waals surface area contributed by atoms with Crippen LogP contribution in [0.3, 0.4) is 0 Å². The SMILES string of the molecule is CCCCCCSCCC(NC(C)=O)C(=O)O. The van der Waals surface area contributed by atoms with Gasteiger partial charge in [-0.2, -0.15) is 11.8 Å². The third-order valence-corrected chi connectivity index (χ3v) is 3.47. The average Bonchev–Trinajstić information content (AvgIpc) is 2.25. The van der Waals surface area contributed by atoms with E-state index in [0.717, 1.165) is 11.5 Å². The number of unbranched alkanes of at least 4 members (excludes halogenated alkanes) is 3. The number of amides is 1. The van der Waals surface area contributed by atoms with Crippen molar-refractivity contribution < 1.29 is 14.7 Å². The number of rotatable bonds is 10. The maximum Gasteiger partial charge on any atom is 0.326 e. The molecular formula is C12H23NO3S. The average molecular weight is 261 g/mol. The van der Waals surface area contributed by atoms with Crippen LogP contribution in [0.5, 0.6) is 0 Å². The lowest BCUT2D eigenvalue weighted by molar-refractivity contribution is -0.141. The van der Waals surface area contributed by atoms with Crippen LogP contribution in [0, 0.1) is 0 Å². The summed E-state index contributed by atoms with van der Waals surface area (Å²) in [5, 5.41) is 11.3. The number of nitrogens with one attached hydrogen (secondary N) is 1. The third kappa shape index (κ3) is 10.2. The summed E-state index contributed by atoms with van der Waals surface area (Å²) >= 11 is 1.76. The highest BCUT2D eigenvalue weighted by atomic mass is 32.2. The van der Waals surface area contributed by atoms with Crippen molar-refractivity contribution in [3.63, 3.8) is 0 Å². The van der Waals surface area contributed by atoms with Crippen LogP contribution < -0.4 is 5.32 Å². The molecule has 0 saturated heterocycles. The molecular weight excluding hydrogens is 238 g/mol. The minimum atomic E-state index is -0.952. The van der Waals surface area contributed by atoms with Gasteiger partial charge >= 0.3 is 5.97 Å². The molecule has 0 radical (unpaired) electrons. The van der Waals surface area contributed by atoms with Crippen LogP contribution >= 0.6 is 11.8 Å². The number of carboxylic acid groups (broad SMARTS) is 1. The highest BCUT2D eigenvalue weighted by Gasteiger charge is 2.17. The molecule has 17 heavy (non-hydrogen) atoms. The molecule has 100 valence electrons. The summed E-state index contributed by atoms with van der Waals surface area (Å²) < 4.78 is 0. The van der Waals surface area contributed by atoms with E-state index in [9.17, 15) is 9.59 Å². The predicted molar refractivity (Wildman–Crippen MR) is 71.3 cm³/mol. The molecule has 0 aliphatic carbocycles. The molecule has 0 aromatic heterocycles. The largest absolute Gasteiger partial charge is 0.480 e. The molecule has 0 aromatic rings. The Morgan fingerprint density at radius 1 is 1.24 bits per heavy atom. The quantitative estimate of drug-likeness (QED) is 0.592. The van der Waals surface area contributed by atoms with E-state index in [1.165, 1.54) is 32.6 Å². The van der Waals surface area contributed by atoms with E-state index in [2.05, 4.69) is 12.2 Å². The molecule has 0 fully saturated rings. The fourth-order valence-electron chi connectivity index (χ4n) is 1.44. The monoisotopic (exact) mass is 261 g/mol. The number of thioether (sulfide) groups is 1. The van der Waals surface area contributed by atoms with Crippen molar-refractivity contribution in [2.45, 2.75) is 52.0 Å². The van der Waals surface area contributed by atoms with Crippen molar-refractivity contribution in [3.05, 3.63) is 0 Å². The van der Waals surface area contributed by atoms with Gasteiger partial charge in [0.1, 0.15) is 6.04 Å². The van der Waals surface area contributed by atoms with Gasteiger partial charge in [-0.05, 0) is 24.3 Å². The number of hydrogen-bond donors (Lipinski definition) is 2. The zero-order valence-corrected chi connectivity index (χ0v) is 11.5. The molecule has 0 rings (SSSR count). The Labute approximate surface area is 108 Å². The maximum atomic E-state index is 10.8. The molecule has 0 bridgehead atoms. The predicted octanol–water partition coefficient (Wildman–Crippen LogP) is 2.28. The zero-order valence-electron chi connectivity index (χ0n) is 10.7. The molecule has 2 N–H and O–H groups in total. The van der Waals surface area contributed by atoms with Crippen molar-refractivity contribution in [2.24, 2.45) is 0 Å². The second-order valence-electron chi connectivity index (χ2n) is 4.05. The molecule has 5 heteroatoms. The standard InChI is InChI=1S/C12H23NO3S/c1-3-4-5-6-8-17-9-7-11(12(15)16)13-10(2)14/h11H,3-9H2,1-2H3,(H,13,14)(H,15,16). The lowest BCUT2D eigenvalue weighted by Gasteiger charge is -2.12. The summed E-state index contributed by atoms with van der Waals surface area (Å²) in [6.45, 7) is 3.52. The molecule has 0 aliphatic heterocycles. The molecule has 1 amide bonds. The Morgan fingerprint density at radius 2 is 1.94 bits per heavy atom. The lowest BCUT2D eigenvalue weighted by atomic mass is 10.2. The van der Waals surface area contributed by atoms with Crippen LogP contribution in [0.2, 0.25) is 0 Å². The number of carboxylic acids is 1. The van der Waals surface area contributed by atoms with Crippen LogP contribution in [-0.4, -0.2) is 34.5 Å². The highest BCUT2D eigenvalue weighted by Crippen LogP contribution is 2.10. The van der Waals surface area contributed by atoms with Crippen molar-refractivity contribution in [1.29, 1.82) is 0 Å².